The average Bonchev–Trinajstić information content (AvgIpc) is 3.02. The number of hydrogen-bond donors (Lipinski definition) is 0. The van der Waals surface area contributed by atoms with E-state index in [2.05, 4.69) is 9.80 Å². The van der Waals surface area contributed by atoms with Crippen LogP contribution in [0.1, 0.15) is 64.2 Å². The van der Waals surface area contributed by atoms with E-state index < -0.39 is 0 Å². The van der Waals surface area contributed by atoms with Crippen molar-refractivity contribution in [2.75, 3.05) is 32.7 Å². The van der Waals surface area contributed by atoms with Gasteiger partial charge in [-0.15, -0.1) is 0 Å². The predicted octanol–water partition coefficient (Wildman–Crippen LogP) is 3.54. The second-order valence-corrected chi connectivity index (χ2v) is 9.97. The van der Waals surface area contributed by atoms with Crippen molar-refractivity contribution in [3.05, 3.63) is 0 Å². The van der Waals surface area contributed by atoms with Gasteiger partial charge in [0, 0.05) is 19.6 Å². The van der Waals surface area contributed by atoms with Crippen LogP contribution in [-0.4, -0.2) is 48.4 Å². The minimum absolute atomic E-state index is 0.0781. The third-order valence-corrected chi connectivity index (χ3v) is 8.03. The van der Waals surface area contributed by atoms with E-state index in [0.717, 1.165) is 36.8 Å². The molecule has 1 amide bonds. The first-order valence-electron chi connectivity index (χ1n) is 10.7. The largest absolute Gasteiger partial charge is 0.342 e. The number of amides is 1. The Morgan fingerprint density at radius 1 is 0.875 bits per heavy atom. The van der Waals surface area contributed by atoms with Crippen LogP contribution >= 0.6 is 0 Å². The highest BCUT2D eigenvalue weighted by Gasteiger charge is 2.56. The first-order valence-corrected chi connectivity index (χ1v) is 10.7. The van der Waals surface area contributed by atoms with Gasteiger partial charge in [-0.05, 0) is 94.5 Å². The fourth-order valence-corrected chi connectivity index (χ4v) is 7.38. The molecule has 24 heavy (non-hydrogen) atoms. The summed E-state index contributed by atoms with van der Waals surface area (Å²) in [6.45, 7) is 5.92. The molecular weight excluding hydrogens is 296 g/mol. The summed E-state index contributed by atoms with van der Waals surface area (Å²) in [6.07, 6.45) is 13.4. The maximum atomic E-state index is 13.4. The zero-order valence-electron chi connectivity index (χ0n) is 15.2. The molecule has 0 N–H and O–H groups in total. The molecule has 6 rings (SSSR count). The van der Waals surface area contributed by atoms with E-state index in [1.807, 2.05) is 0 Å². The summed E-state index contributed by atoms with van der Waals surface area (Å²) in [7, 11) is 0. The molecule has 0 aromatic rings. The lowest BCUT2D eigenvalue weighted by atomic mass is 9.49. The molecule has 4 saturated carbocycles. The van der Waals surface area contributed by atoms with Crippen molar-refractivity contribution >= 4 is 5.91 Å². The lowest BCUT2D eigenvalue weighted by Gasteiger charge is -2.56. The highest BCUT2D eigenvalue weighted by Crippen LogP contribution is 2.60. The molecule has 0 aromatic heterocycles. The molecular formula is C21H34N2O. The average molecular weight is 331 g/mol. The number of nitrogens with zero attached hydrogens (tertiary/aromatic N) is 2. The van der Waals surface area contributed by atoms with Crippen LogP contribution in [0.4, 0.5) is 0 Å². The Bertz CT molecular complexity index is 461. The zero-order valence-corrected chi connectivity index (χ0v) is 15.2. The van der Waals surface area contributed by atoms with Crippen LogP contribution in [0.3, 0.4) is 0 Å². The smallest absolute Gasteiger partial charge is 0.228 e. The van der Waals surface area contributed by atoms with Gasteiger partial charge in [-0.25, -0.2) is 0 Å². The molecule has 0 radical (unpaired) electrons. The standard InChI is InChI=1S/C21H34N2O/c24-20(21-11-17-8-18(12-21)10-19(9-17)13-21)23-7-4-16(15-23)14-22-5-2-1-3-6-22/h16-19H,1-15H2/t16-,17?,18?,19?,21?/m1/s1. The number of piperidine rings is 1. The second kappa shape index (κ2) is 6.00. The Hall–Kier alpha value is -0.570. The number of likely N-dealkylation sites (tertiary alicyclic amines) is 2. The Morgan fingerprint density at radius 2 is 1.50 bits per heavy atom. The van der Waals surface area contributed by atoms with Crippen LogP contribution < -0.4 is 0 Å². The summed E-state index contributed by atoms with van der Waals surface area (Å²) in [5, 5.41) is 0. The Kier molecular flexibility index (Phi) is 3.92. The molecule has 4 bridgehead atoms. The van der Waals surface area contributed by atoms with Crippen molar-refractivity contribution in [1.29, 1.82) is 0 Å². The zero-order chi connectivity index (χ0) is 16.1. The van der Waals surface area contributed by atoms with Crippen molar-refractivity contribution in [2.24, 2.45) is 29.1 Å². The van der Waals surface area contributed by atoms with Crippen LogP contribution in [-0.2, 0) is 4.79 Å². The van der Waals surface area contributed by atoms with Gasteiger partial charge in [0.05, 0.1) is 5.41 Å². The van der Waals surface area contributed by atoms with Crippen LogP contribution in [0.2, 0.25) is 0 Å². The fourth-order valence-electron chi connectivity index (χ4n) is 7.38. The summed E-state index contributed by atoms with van der Waals surface area (Å²) >= 11 is 0. The third-order valence-electron chi connectivity index (χ3n) is 8.03. The van der Waals surface area contributed by atoms with E-state index in [1.54, 1.807) is 0 Å². The van der Waals surface area contributed by atoms with E-state index >= 15 is 0 Å². The monoisotopic (exact) mass is 330 g/mol. The topological polar surface area (TPSA) is 23.6 Å². The van der Waals surface area contributed by atoms with Gasteiger partial charge in [0.25, 0.3) is 0 Å². The van der Waals surface area contributed by atoms with Gasteiger partial charge >= 0.3 is 0 Å². The van der Waals surface area contributed by atoms with Crippen LogP contribution in [0.5, 0.6) is 0 Å². The molecule has 2 aliphatic heterocycles. The van der Waals surface area contributed by atoms with E-state index in [9.17, 15) is 4.79 Å². The third kappa shape index (κ3) is 2.71. The predicted molar refractivity (Wildman–Crippen MR) is 95.6 cm³/mol. The lowest BCUT2D eigenvalue weighted by molar-refractivity contribution is -0.156. The Balaban J connectivity index is 1.22. The summed E-state index contributed by atoms with van der Waals surface area (Å²) in [5.41, 5.74) is 0.0781. The second-order valence-electron chi connectivity index (χ2n) is 9.97. The highest BCUT2D eigenvalue weighted by molar-refractivity contribution is 5.83. The SMILES string of the molecule is O=C(N1CC[C@H](CN2CCCCC2)C1)C12CC3CC(CC(C3)C1)C2. The minimum atomic E-state index is 0.0781. The Labute approximate surface area is 147 Å². The summed E-state index contributed by atoms with van der Waals surface area (Å²) in [5.74, 6) is 3.95. The summed E-state index contributed by atoms with van der Waals surface area (Å²) in [4.78, 5) is 18.4. The quantitative estimate of drug-likeness (QED) is 0.790. The molecule has 0 aromatic carbocycles. The van der Waals surface area contributed by atoms with Crippen LogP contribution in [0.25, 0.3) is 0 Å². The molecule has 3 nitrogen and oxygen atoms in total. The molecule has 6 fully saturated rings. The molecule has 1 atom stereocenters. The number of rotatable bonds is 3. The van der Waals surface area contributed by atoms with Crippen molar-refractivity contribution in [2.45, 2.75) is 64.2 Å². The number of carbonyl (C=O) groups excluding carboxylic acids is 1. The molecule has 4 aliphatic carbocycles. The lowest BCUT2D eigenvalue weighted by Crippen LogP contribution is -2.54. The van der Waals surface area contributed by atoms with Gasteiger partial charge in [0.2, 0.25) is 5.91 Å². The van der Waals surface area contributed by atoms with Gasteiger partial charge in [0.15, 0.2) is 0 Å². The van der Waals surface area contributed by atoms with Crippen LogP contribution in [0, 0.1) is 29.1 Å². The Morgan fingerprint density at radius 3 is 2.12 bits per heavy atom. The fraction of sp³-hybridized carbons (Fsp3) is 0.952. The van der Waals surface area contributed by atoms with Crippen LogP contribution in [0.15, 0.2) is 0 Å². The van der Waals surface area contributed by atoms with Gasteiger partial charge in [-0.1, -0.05) is 6.42 Å². The van der Waals surface area contributed by atoms with E-state index in [4.69, 9.17) is 0 Å². The van der Waals surface area contributed by atoms with Gasteiger partial charge in [0.1, 0.15) is 0 Å². The van der Waals surface area contributed by atoms with Crippen molar-refractivity contribution in [3.63, 3.8) is 0 Å². The maximum Gasteiger partial charge on any atom is 0.228 e. The van der Waals surface area contributed by atoms with Crippen molar-refractivity contribution in [1.82, 2.24) is 9.80 Å². The normalized spacial score (nSPS) is 45.1. The first-order chi connectivity index (χ1) is 11.7. The molecule has 2 heterocycles. The molecule has 3 heteroatoms. The van der Waals surface area contributed by atoms with Gasteiger partial charge in [-0.3, -0.25) is 4.79 Å². The molecule has 0 unspecified atom stereocenters. The molecule has 0 spiro atoms. The number of carbonyl (C=O) groups is 1. The van der Waals surface area contributed by atoms with Gasteiger partial charge < -0.3 is 9.80 Å². The molecule has 6 aliphatic rings. The summed E-state index contributed by atoms with van der Waals surface area (Å²) in [6, 6.07) is 0. The van der Waals surface area contributed by atoms with E-state index in [1.165, 1.54) is 83.8 Å². The van der Waals surface area contributed by atoms with Crippen molar-refractivity contribution in [3.8, 4) is 0 Å². The van der Waals surface area contributed by atoms with Gasteiger partial charge in [-0.2, -0.15) is 0 Å². The number of hydrogen-bond acceptors (Lipinski definition) is 2. The maximum absolute atomic E-state index is 13.4. The first kappa shape index (κ1) is 15.7. The minimum Gasteiger partial charge on any atom is -0.342 e. The molecule has 2 saturated heterocycles. The van der Waals surface area contributed by atoms with Crippen molar-refractivity contribution < 1.29 is 4.79 Å². The molecule has 134 valence electrons. The van der Waals surface area contributed by atoms with E-state index in [-0.39, 0.29) is 5.41 Å². The highest BCUT2D eigenvalue weighted by atomic mass is 16.2. The van der Waals surface area contributed by atoms with E-state index in [0.29, 0.717) is 5.91 Å². The summed E-state index contributed by atoms with van der Waals surface area (Å²) < 4.78 is 0.